The molecule has 0 aliphatic rings. The Labute approximate surface area is 163 Å². The van der Waals surface area contributed by atoms with E-state index in [1.807, 2.05) is 24.3 Å². The van der Waals surface area contributed by atoms with Gasteiger partial charge in [0, 0.05) is 17.0 Å². The van der Waals surface area contributed by atoms with Crippen LogP contribution in [0, 0.1) is 0 Å². The molecule has 142 valence electrons. The topological polar surface area (TPSA) is 75.3 Å². The van der Waals surface area contributed by atoms with Crippen molar-refractivity contribution >= 4 is 38.9 Å². The molecule has 0 bridgehead atoms. The summed E-state index contributed by atoms with van der Waals surface area (Å²) in [6, 6.07) is 10.8. The fourth-order valence-electron chi connectivity index (χ4n) is 2.79. The summed E-state index contributed by atoms with van der Waals surface area (Å²) in [7, 11) is -3.64. The first-order valence-electron chi connectivity index (χ1n) is 8.39. The molecule has 1 heterocycles. The van der Waals surface area contributed by atoms with E-state index in [-0.39, 0.29) is 22.1 Å². The molecular formula is C18H23ClN2O3S2. The lowest BCUT2D eigenvalue weighted by Crippen LogP contribution is -2.44. The lowest BCUT2D eigenvalue weighted by molar-refractivity contribution is -0.120. The average molecular weight is 415 g/mol. The highest BCUT2D eigenvalue weighted by Gasteiger charge is 2.29. The second kappa shape index (κ2) is 8.99. The molecule has 0 saturated heterocycles. The van der Waals surface area contributed by atoms with Crippen LogP contribution in [-0.4, -0.2) is 27.4 Å². The van der Waals surface area contributed by atoms with Crippen molar-refractivity contribution in [3.63, 3.8) is 0 Å². The number of halogens is 1. The van der Waals surface area contributed by atoms with E-state index in [9.17, 15) is 13.2 Å². The van der Waals surface area contributed by atoms with E-state index in [4.69, 9.17) is 11.6 Å². The van der Waals surface area contributed by atoms with E-state index in [2.05, 4.69) is 23.9 Å². The molecule has 1 aromatic heterocycles. The average Bonchev–Trinajstić information content (AvgIpc) is 3.18. The van der Waals surface area contributed by atoms with E-state index in [1.54, 1.807) is 11.4 Å². The maximum Gasteiger partial charge on any atom is 0.250 e. The van der Waals surface area contributed by atoms with Crippen molar-refractivity contribution in [2.75, 3.05) is 13.1 Å². The Bertz CT molecular complexity index is 815. The number of carbonyl (C=O) groups is 1. The molecule has 1 amide bonds. The van der Waals surface area contributed by atoms with Gasteiger partial charge in [0.25, 0.3) is 10.0 Å². The molecule has 2 rings (SSSR count). The van der Waals surface area contributed by atoms with Crippen LogP contribution in [0.2, 0.25) is 5.02 Å². The summed E-state index contributed by atoms with van der Waals surface area (Å²) in [5, 5.41) is 5.21. The zero-order chi connectivity index (χ0) is 19.2. The molecule has 5 nitrogen and oxygen atoms in total. The fraction of sp³-hybridized carbons (Fsp3) is 0.389. The highest BCUT2D eigenvalue weighted by atomic mass is 35.5. The van der Waals surface area contributed by atoms with Crippen molar-refractivity contribution < 1.29 is 13.2 Å². The quantitative estimate of drug-likeness (QED) is 0.658. The van der Waals surface area contributed by atoms with Gasteiger partial charge in [0.15, 0.2) is 0 Å². The van der Waals surface area contributed by atoms with Gasteiger partial charge in [-0.05, 0) is 42.0 Å². The summed E-state index contributed by atoms with van der Waals surface area (Å²) < 4.78 is 26.7. The summed E-state index contributed by atoms with van der Waals surface area (Å²) in [6.07, 6.45) is 1.68. The minimum absolute atomic E-state index is 0.197. The van der Waals surface area contributed by atoms with Gasteiger partial charge in [-0.1, -0.05) is 43.6 Å². The molecule has 26 heavy (non-hydrogen) atoms. The Kier molecular flexibility index (Phi) is 7.23. The van der Waals surface area contributed by atoms with E-state index < -0.39 is 10.0 Å². The number of benzene rings is 1. The molecule has 0 aliphatic carbocycles. The van der Waals surface area contributed by atoms with Gasteiger partial charge in [-0.2, -0.15) is 0 Å². The molecule has 0 saturated carbocycles. The molecule has 0 atom stereocenters. The van der Waals surface area contributed by atoms with Gasteiger partial charge >= 0.3 is 0 Å². The molecule has 2 aromatic rings. The molecule has 0 fully saturated rings. The van der Waals surface area contributed by atoms with Crippen LogP contribution in [0.3, 0.4) is 0 Å². The predicted molar refractivity (Wildman–Crippen MR) is 106 cm³/mol. The highest BCUT2D eigenvalue weighted by Crippen LogP contribution is 2.31. The van der Waals surface area contributed by atoms with Gasteiger partial charge < -0.3 is 5.32 Å². The Hall–Kier alpha value is -1.41. The van der Waals surface area contributed by atoms with Crippen molar-refractivity contribution in [2.45, 2.75) is 36.3 Å². The Morgan fingerprint density at radius 3 is 2.35 bits per heavy atom. The van der Waals surface area contributed by atoms with Crippen molar-refractivity contribution in [2.24, 2.45) is 0 Å². The maximum absolute atomic E-state index is 12.2. The molecular weight excluding hydrogens is 392 g/mol. The standard InChI is InChI=1S/C18H23ClN2O3S2/c1-3-18(4-2,14-7-9-15(19)10-8-14)13-20-16(22)12-21-26(23,24)17-6-5-11-25-17/h5-11,21H,3-4,12-13H2,1-2H3,(H,20,22). The number of amides is 1. The van der Waals surface area contributed by atoms with Gasteiger partial charge in [0.05, 0.1) is 6.54 Å². The van der Waals surface area contributed by atoms with E-state index in [0.29, 0.717) is 11.6 Å². The fourth-order valence-corrected chi connectivity index (χ4v) is 4.94. The number of hydrogen-bond donors (Lipinski definition) is 2. The third-order valence-electron chi connectivity index (χ3n) is 4.62. The minimum Gasteiger partial charge on any atom is -0.354 e. The van der Waals surface area contributed by atoms with Crippen molar-refractivity contribution in [1.29, 1.82) is 0 Å². The van der Waals surface area contributed by atoms with Crippen LogP contribution in [-0.2, 0) is 20.2 Å². The van der Waals surface area contributed by atoms with Crippen LogP contribution in [0.5, 0.6) is 0 Å². The third kappa shape index (κ3) is 5.07. The minimum atomic E-state index is -3.64. The van der Waals surface area contributed by atoms with Gasteiger partial charge in [0.2, 0.25) is 5.91 Å². The summed E-state index contributed by atoms with van der Waals surface area (Å²) in [6.45, 7) is 4.29. The normalized spacial score (nSPS) is 12.1. The monoisotopic (exact) mass is 414 g/mol. The molecule has 0 radical (unpaired) electrons. The van der Waals surface area contributed by atoms with Crippen LogP contribution < -0.4 is 10.0 Å². The van der Waals surface area contributed by atoms with Crippen LogP contribution in [0.4, 0.5) is 0 Å². The zero-order valence-electron chi connectivity index (χ0n) is 14.8. The number of sulfonamides is 1. The van der Waals surface area contributed by atoms with Crippen LogP contribution in [0.25, 0.3) is 0 Å². The number of thiophene rings is 1. The lowest BCUT2D eigenvalue weighted by atomic mass is 9.76. The Morgan fingerprint density at radius 1 is 1.15 bits per heavy atom. The summed E-state index contributed by atoms with van der Waals surface area (Å²) in [5.74, 6) is -0.356. The van der Waals surface area contributed by atoms with Gasteiger partial charge in [-0.25, -0.2) is 13.1 Å². The first-order valence-corrected chi connectivity index (χ1v) is 11.1. The van der Waals surface area contributed by atoms with E-state index in [1.165, 1.54) is 6.07 Å². The Balaban J connectivity index is 1.98. The second-order valence-electron chi connectivity index (χ2n) is 6.03. The summed E-state index contributed by atoms with van der Waals surface area (Å²) >= 11 is 7.08. The summed E-state index contributed by atoms with van der Waals surface area (Å²) in [5.41, 5.74) is 0.888. The van der Waals surface area contributed by atoms with E-state index >= 15 is 0 Å². The van der Waals surface area contributed by atoms with Crippen molar-refractivity contribution in [3.8, 4) is 0 Å². The van der Waals surface area contributed by atoms with Crippen molar-refractivity contribution in [3.05, 3.63) is 52.4 Å². The lowest BCUT2D eigenvalue weighted by Gasteiger charge is -2.32. The largest absolute Gasteiger partial charge is 0.354 e. The number of carbonyl (C=O) groups excluding carboxylic acids is 1. The van der Waals surface area contributed by atoms with Crippen LogP contribution in [0.1, 0.15) is 32.3 Å². The van der Waals surface area contributed by atoms with Crippen LogP contribution in [0.15, 0.2) is 46.0 Å². The molecule has 1 aromatic carbocycles. The van der Waals surface area contributed by atoms with Gasteiger partial charge in [-0.3, -0.25) is 4.79 Å². The third-order valence-corrected chi connectivity index (χ3v) is 7.67. The first kappa shape index (κ1) is 20.9. The number of hydrogen-bond acceptors (Lipinski definition) is 4. The Morgan fingerprint density at radius 2 is 1.81 bits per heavy atom. The SMILES string of the molecule is CCC(CC)(CNC(=O)CNS(=O)(=O)c1cccs1)c1ccc(Cl)cc1. The van der Waals surface area contributed by atoms with Gasteiger partial charge in [-0.15, -0.1) is 11.3 Å². The zero-order valence-corrected chi connectivity index (χ0v) is 17.2. The summed E-state index contributed by atoms with van der Waals surface area (Å²) in [4.78, 5) is 12.2. The molecule has 2 N–H and O–H groups in total. The number of nitrogens with one attached hydrogen (secondary N) is 2. The van der Waals surface area contributed by atoms with E-state index in [0.717, 1.165) is 29.7 Å². The smallest absolute Gasteiger partial charge is 0.250 e. The second-order valence-corrected chi connectivity index (χ2v) is 9.41. The first-order chi connectivity index (χ1) is 12.3. The van der Waals surface area contributed by atoms with Crippen molar-refractivity contribution in [1.82, 2.24) is 10.0 Å². The molecule has 0 spiro atoms. The molecule has 0 unspecified atom stereocenters. The highest BCUT2D eigenvalue weighted by molar-refractivity contribution is 7.91. The molecule has 8 heteroatoms. The maximum atomic E-state index is 12.2. The molecule has 0 aliphatic heterocycles. The van der Waals surface area contributed by atoms with Crippen LogP contribution >= 0.6 is 22.9 Å². The van der Waals surface area contributed by atoms with Gasteiger partial charge in [0.1, 0.15) is 4.21 Å². The predicted octanol–water partition coefficient (Wildman–Crippen LogP) is 3.55. The number of rotatable bonds is 9.